The molecule has 1 aromatic carbocycles. The van der Waals surface area contributed by atoms with Gasteiger partial charge in [0.2, 0.25) is 5.91 Å². The van der Waals surface area contributed by atoms with E-state index in [-0.39, 0.29) is 18.6 Å². The number of halogens is 1. The van der Waals surface area contributed by atoms with Crippen molar-refractivity contribution in [1.82, 2.24) is 24.6 Å². The minimum absolute atomic E-state index is 0.00750. The van der Waals surface area contributed by atoms with Crippen molar-refractivity contribution in [3.63, 3.8) is 0 Å². The number of rotatable bonds is 5. The van der Waals surface area contributed by atoms with Crippen LogP contribution in [-0.2, 0) is 22.5 Å². The predicted molar refractivity (Wildman–Crippen MR) is 118 cm³/mol. The lowest BCUT2D eigenvalue weighted by Gasteiger charge is -2.33. The van der Waals surface area contributed by atoms with E-state index < -0.39 is 0 Å². The molecule has 162 valence electrons. The van der Waals surface area contributed by atoms with Gasteiger partial charge in [-0.05, 0) is 62.6 Å². The van der Waals surface area contributed by atoms with E-state index in [9.17, 15) is 4.79 Å². The van der Waals surface area contributed by atoms with E-state index in [2.05, 4.69) is 28.3 Å². The normalized spacial score (nSPS) is 16.5. The summed E-state index contributed by atoms with van der Waals surface area (Å²) in [5.74, 6) is 1.41. The van der Waals surface area contributed by atoms with E-state index in [1.807, 2.05) is 43.9 Å². The first-order chi connectivity index (χ1) is 14.9. The highest BCUT2D eigenvalue weighted by atomic mass is 35.5. The summed E-state index contributed by atoms with van der Waals surface area (Å²) in [4.78, 5) is 23.7. The predicted octanol–water partition coefficient (Wildman–Crippen LogP) is 3.44. The third-order valence-corrected chi connectivity index (χ3v) is 5.56. The first-order valence-electron chi connectivity index (χ1n) is 10.4. The maximum atomic E-state index is 12.9. The van der Waals surface area contributed by atoms with Gasteiger partial charge in [0, 0.05) is 17.3 Å². The molecule has 4 rings (SSSR count). The summed E-state index contributed by atoms with van der Waals surface area (Å²) in [6.07, 6.45) is 0.506. The lowest BCUT2D eigenvalue weighted by Crippen LogP contribution is -2.44. The van der Waals surface area contributed by atoms with E-state index >= 15 is 0 Å². The minimum atomic E-state index is -0.255. The fourth-order valence-corrected chi connectivity index (χ4v) is 4.12. The van der Waals surface area contributed by atoms with Gasteiger partial charge in [-0.1, -0.05) is 23.7 Å². The average Bonchev–Trinajstić information content (AvgIpc) is 3.04. The molecule has 1 atom stereocenters. The summed E-state index contributed by atoms with van der Waals surface area (Å²) in [6, 6.07) is 12.0. The highest BCUT2D eigenvalue weighted by Gasteiger charge is 2.27. The van der Waals surface area contributed by atoms with Crippen LogP contribution < -0.4 is 0 Å². The molecule has 0 N–H and O–H groups in total. The number of nitrogens with zero attached hydrogens (tertiary/aromatic N) is 5. The number of aromatic nitrogens is 4. The number of hydrogen-bond acceptors (Lipinski definition) is 5. The number of amides is 1. The Bertz CT molecular complexity index is 1100. The molecule has 0 saturated carbocycles. The zero-order chi connectivity index (χ0) is 22.0. The molecule has 0 spiro atoms. The molecule has 2 aromatic heterocycles. The molecule has 0 bridgehead atoms. The van der Waals surface area contributed by atoms with Crippen LogP contribution >= 0.6 is 11.6 Å². The molecule has 3 aromatic rings. The van der Waals surface area contributed by atoms with Gasteiger partial charge in [-0.25, -0.2) is 9.67 Å². The molecule has 3 heterocycles. The molecular formula is C23H26ClN5O2. The van der Waals surface area contributed by atoms with Crippen molar-refractivity contribution in [3.05, 3.63) is 75.6 Å². The fraction of sp³-hybridized carbons (Fsp3) is 0.391. The van der Waals surface area contributed by atoms with Crippen molar-refractivity contribution in [2.75, 3.05) is 19.7 Å². The number of carbonyl (C=O) groups is 1. The van der Waals surface area contributed by atoms with Crippen LogP contribution in [0.15, 0.2) is 36.4 Å². The van der Waals surface area contributed by atoms with Crippen molar-refractivity contribution >= 4 is 17.5 Å². The zero-order valence-corrected chi connectivity index (χ0v) is 18.8. The topological polar surface area (TPSA) is 73.1 Å². The molecular weight excluding hydrogens is 414 g/mol. The van der Waals surface area contributed by atoms with Crippen molar-refractivity contribution in [2.45, 2.75) is 39.8 Å². The van der Waals surface area contributed by atoms with Crippen LogP contribution in [0.25, 0.3) is 0 Å². The lowest BCUT2D eigenvalue weighted by molar-refractivity contribution is -0.140. The number of benzene rings is 1. The zero-order valence-electron chi connectivity index (χ0n) is 18.0. The van der Waals surface area contributed by atoms with Gasteiger partial charge in [-0.15, -0.1) is 0 Å². The van der Waals surface area contributed by atoms with Gasteiger partial charge < -0.3 is 9.64 Å². The average molecular weight is 440 g/mol. The first-order valence-corrected chi connectivity index (χ1v) is 10.7. The van der Waals surface area contributed by atoms with Crippen LogP contribution in [0.2, 0.25) is 5.02 Å². The summed E-state index contributed by atoms with van der Waals surface area (Å²) in [5.41, 5.74) is 4.06. The Balaban J connectivity index is 1.48. The molecule has 0 unspecified atom stereocenters. The third kappa shape index (κ3) is 5.29. The molecule has 31 heavy (non-hydrogen) atoms. The van der Waals surface area contributed by atoms with Crippen molar-refractivity contribution < 1.29 is 9.53 Å². The molecule has 0 radical (unpaired) electrons. The van der Waals surface area contributed by atoms with Crippen molar-refractivity contribution in [2.24, 2.45) is 0 Å². The van der Waals surface area contributed by atoms with Crippen LogP contribution in [0.3, 0.4) is 0 Å². The molecule has 1 aliphatic heterocycles. The smallest absolute Gasteiger partial charge is 0.244 e. The molecule has 1 fully saturated rings. The van der Waals surface area contributed by atoms with Gasteiger partial charge in [0.25, 0.3) is 0 Å². The fourth-order valence-electron chi connectivity index (χ4n) is 3.91. The lowest BCUT2D eigenvalue weighted by atomic mass is 10.0. The van der Waals surface area contributed by atoms with Crippen LogP contribution in [0, 0.1) is 20.8 Å². The van der Waals surface area contributed by atoms with Crippen LogP contribution in [0.4, 0.5) is 0 Å². The first kappa shape index (κ1) is 21.5. The Morgan fingerprint density at radius 3 is 2.74 bits per heavy atom. The molecule has 1 saturated heterocycles. The Kier molecular flexibility index (Phi) is 6.34. The number of aryl methyl sites for hydroxylation is 3. The van der Waals surface area contributed by atoms with Gasteiger partial charge in [0.15, 0.2) is 0 Å². The van der Waals surface area contributed by atoms with Crippen LogP contribution in [0.1, 0.15) is 40.3 Å². The largest absolute Gasteiger partial charge is 0.368 e. The Morgan fingerprint density at radius 2 is 2.00 bits per heavy atom. The highest BCUT2D eigenvalue weighted by Crippen LogP contribution is 2.24. The second-order valence-corrected chi connectivity index (χ2v) is 8.35. The van der Waals surface area contributed by atoms with Crippen molar-refractivity contribution in [3.8, 4) is 0 Å². The molecule has 1 aliphatic rings. The van der Waals surface area contributed by atoms with E-state index in [4.69, 9.17) is 21.3 Å². The second kappa shape index (κ2) is 9.16. The summed E-state index contributed by atoms with van der Waals surface area (Å²) in [7, 11) is 0. The standard InChI is InChI=1S/C23H26ClN5O2/c1-15-9-19(10-18-5-4-6-20(24)11-18)12-21(25-15)22-13-28(7-8-31-22)23(30)14-29-17(3)26-16(2)27-29/h4-6,9,11-12,22H,7-8,10,13-14H2,1-3H3/t22-/m1/s1. The Morgan fingerprint density at radius 1 is 1.16 bits per heavy atom. The van der Waals surface area contributed by atoms with Crippen LogP contribution in [-0.4, -0.2) is 50.3 Å². The minimum Gasteiger partial charge on any atom is -0.368 e. The SMILES string of the molecule is Cc1cc(Cc2cccc(Cl)c2)cc([C@H]2CN(C(=O)Cn3nc(C)nc3C)CCO2)n1. The van der Waals surface area contributed by atoms with Gasteiger partial charge in [-0.2, -0.15) is 5.10 Å². The summed E-state index contributed by atoms with van der Waals surface area (Å²) in [6.45, 7) is 7.34. The monoisotopic (exact) mass is 439 g/mol. The number of carbonyl (C=O) groups excluding carboxylic acids is 1. The second-order valence-electron chi connectivity index (χ2n) is 7.91. The van der Waals surface area contributed by atoms with Gasteiger partial charge in [-0.3, -0.25) is 9.78 Å². The molecule has 8 heteroatoms. The maximum Gasteiger partial charge on any atom is 0.244 e. The molecule has 0 aliphatic carbocycles. The van der Waals surface area contributed by atoms with Crippen LogP contribution in [0.5, 0.6) is 0 Å². The number of hydrogen-bond donors (Lipinski definition) is 0. The number of morpholine rings is 1. The Hall–Kier alpha value is -2.77. The third-order valence-electron chi connectivity index (χ3n) is 5.33. The van der Waals surface area contributed by atoms with Gasteiger partial charge in [0.1, 0.15) is 24.3 Å². The van der Waals surface area contributed by atoms with E-state index in [1.165, 1.54) is 0 Å². The highest BCUT2D eigenvalue weighted by molar-refractivity contribution is 6.30. The van der Waals surface area contributed by atoms with Gasteiger partial charge in [0.05, 0.1) is 18.8 Å². The summed E-state index contributed by atoms with van der Waals surface area (Å²) in [5, 5.41) is 5.02. The molecule has 7 nitrogen and oxygen atoms in total. The van der Waals surface area contributed by atoms with E-state index in [0.717, 1.165) is 39.8 Å². The Labute approximate surface area is 187 Å². The number of ether oxygens (including phenoxy) is 1. The van der Waals surface area contributed by atoms with E-state index in [0.29, 0.717) is 25.5 Å². The molecule has 1 amide bonds. The van der Waals surface area contributed by atoms with Crippen molar-refractivity contribution in [1.29, 1.82) is 0 Å². The summed E-state index contributed by atoms with van der Waals surface area (Å²) >= 11 is 6.13. The van der Waals surface area contributed by atoms with Gasteiger partial charge >= 0.3 is 0 Å². The summed E-state index contributed by atoms with van der Waals surface area (Å²) < 4.78 is 7.64. The number of pyridine rings is 1. The quantitative estimate of drug-likeness (QED) is 0.608. The van der Waals surface area contributed by atoms with E-state index in [1.54, 1.807) is 4.68 Å². The maximum absolute atomic E-state index is 12.9.